The highest BCUT2D eigenvalue weighted by molar-refractivity contribution is 6.06. The molecule has 1 saturated carbocycles. The molecule has 2 aliphatic rings. The largest absolute Gasteiger partial charge is 0.252 e. The number of para-hydroxylation sites is 1. The summed E-state index contributed by atoms with van der Waals surface area (Å²) in [5.74, 6) is 2.53. The summed E-state index contributed by atoms with van der Waals surface area (Å²) in [4.78, 5) is 4.87. The van der Waals surface area contributed by atoms with E-state index in [2.05, 4.69) is 62.4 Å². The fourth-order valence-corrected chi connectivity index (χ4v) is 4.67. The highest BCUT2D eigenvalue weighted by Crippen LogP contribution is 2.38. The van der Waals surface area contributed by atoms with Gasteiger partial charge >= 0.3 is 0 Å². The maximum atomic E-state index is 4.87. The molecule has 0 N–H and O–H groups in total. The van der Waals surface area contributed by atoms with Crippen molar-refractivity contribution in [1.29, 1.82) is 0 Å². The Morgan fingerprint density at radius 3 is 2.52 bits per heavy atom. The number of hydrogen-bond acceptors (Lipinski definition) is 1. The second kappa shape index (κ2) is 7.15. The van der Waals surface area contributed by atoms with E-state index < -0.39 is 0 Å². The molecule has 0 saturated heterocycles. The third-order valence-corrected chi connectivity index (χ3v) is 5.95. The van der Waals surface area contributed by atoms with Crippen molar-refractivity contribution >= 4 is 11.4 Å². The Morgan fingerprint density at radius 1 is 0.960 bits per heavy atom. The number of rotatable bonds is 4. The van der Waals surface area contributed by atoms with Crippen molar-refractivity contribution in [1.82, 2.24) is 0 Å². The van der Waals surface area contributed by atoms with Gasteiger partial charge in [0, 0.05) is 6.42 Å². The molecule has 1 heterocycles. The summed E-state index contributed by atoms with van der Waals surface area (Å²) < 4.78 is 0. The molecule has 130 valence electrons. The molecule has 1 heteroatoms. The minimum atomic E-state index is 0.743. The van der Waals surface area contributed by atoms with E-state index in [0.29, 0.717) is 0 Å². The van der Waals surface area contributed by atoms with Crippen molar-refractivity contribution in [2.24, 2.45) is 16.8 Å². The van der Waals surface area contributed by atoms with Gasteiger partial charge < -0.3 is 0 Å². The smallest absolute Gasteiger partial charge is 0.0669 e. The first-order chi connectivity index (χ1) is 12.2. The van der Waals surface area contributed by atoms with Crippen LogP contribution in [0, 0.1) is 11.8 Å². The first-order valence-corrected chi connectivity index (χ1v) is 9.95. The zero-order chi connectivity index (χ0) is 17.2. The van der Waals surface area contributed by atoms with Crippen LogP contribution in [0.1, 0.15) is 68.6 Å². The summed E-state index contributed by atoms with van der Waals surface area (Å²) >= 11 is 0. The molecule has 0 aromatic heterocycles. The number of benzene rings is 2. The van der Waals surface area contributed by atoms with Gasteiger partial charge in [0.05, 0.1) is 11.4 Å². The number of aliphatic imine (C=N–C) groups is 1. The third-order valence-electron chi connectivity index (χ3n) is 5.95. The summed E-state index contributed by atoms with van der Waals surface area (Å²) in [6.07, 6.45) is 7.89. The lowest BCUT2D eigenvalue weighted by Gasteiger charge is -2.30. The molecule has 25 heavy (non-hydrogen) atoms. The highest BCUT2D eigenvalue weighted by Gasteiger charge is 2.23. The van der Waals surface area contributed by atoms with Gasteiger partial charge in [-0.1, -0.05) is 50.2 Å². The highest BCUT2D eigenvalue weighted by atomic mass is 14.8. The number of fused-ring (bicyclic) bond motifs is 1. The van der Waals surface area contributed by atoms with Gasteiger partial charge in [0.25, 0.3) is 0 Å². The van der Waals surface area contributed by atoms with Crippen LogP contribution >= 0.6 is 0 Å². The Kier molecular flexibility index (Phi) is 4.74. The summed E-state index contributed by atoms with van der Waals surface area (Å²) in [6, 6.07) is 17.7. The van der Waals surface area contributed by atoms with Crippen LogP contribution in [-0.2, 0) is 6.42 Å². The summed E-state index contributed by atoms with van der Waals surface area (Å²) in [5, 5.41) is 0. The number of nitrogens with zero attached hydrogens (tertiary/aromatic N) is 1. The molecule has 2 aromatic rings. The Morgan fingerprint density at radius 2 is 1.76 bits per heavy atom. The van der Waals surface area contributed by atoms with Gasteiger partial charge in [-0.2, -0.15) is 0 Å². The Labute approximate surface area is 152 Å². The average molecular weight is 332 g/mol. The topological polar surface area (TPSA) is 12.4 Å². The maximum absolute atomic E-state index is 4.87. The van der Waals surface area contributed by atoms with Crippen molar-refractivity contribution in [3.8, 4) is 0 Å². The number of hydrogen-bond donors (Lipinski definition) is 0. The molecule has 1 nitrogen and oxygen atoms in total. The van der Waals surface area contributed by atoms with Crippen molar-refractivity contribution < 1.29 is 0 Å². The first kappa shape index (κ1) is 16.6. The van der Waals surface area contributed by atoms with Crippen molar-refractivity contribution in [3.63, 3.8) is 0 Å². The molecule has 0 amide bonds. The van der Waals surface area contributed by atoms with Crippen molar-refractivity contribution in [2.45, 2.75) is 58.3 Å². The quantitative estimate of drug-likeness (QED) is 0.592. The molecule has 0 radical (unpaired) electrons. The van der Waals surface area contributed by atoms with E-state index >= 15 is 0 Å². The van der Waals surface area contributed by atoms with Gasteiger partial charge in [-0.25, -0.2) is 0 Å². The summed E-state index contributed by atoms with van der Waals surface area (Å²) in [5.41, 5.74) is 6.59. The average Bonchev–Trinajstić information content (AvgIpc) is 3.06. The molecule has 1 aliphatic carbocycles. The van der Waals surface area contributed by atoms with E-state index in [1.165, 1.54) is 54.5 Å². The summed E-state index contributed by atoms with van der Waals surface area (Å²) in [6.45, 7) is 4.71. The van der Waals surface area contributed by atoms with Crippen LogP contribution in [0.3, 0.4) is 0 Å². The third kappa shape index (κ3) is 3.71. The van der Waals surface area contributed by atoms with E-state index in [0.717, 1.165) is 29.9 Å². The minimum absolute atomic E-state index is 0.743. The lowest BCUT2D eigenvalue weighted by molar-refractivity contribution is 0.283. The Balaban J connectivity index is 1.46. The van der Waals surface area contributed by atoms with Gasteiger partial charge in [0.2, 0.25) is 0 Å². The van der Waals surface area contributed by atoms with Gasteiger partial charge in [0.15, 0.2) is 0 Å². The fraction of sp³-hybridized carbons (Fsp3) is 0.458. The van der Waals surface area contributed by atoms with Gasteiger partial charge in [-0.05, 0) is 78.7 Å². The molecule has 4 rings (SSSR count). The van der Waals surface area contributed by atoms with Gasteiger partial charge in [0.1, 0.15) is 0 Å². The Bertz CT molecular complexity index is 763. The second-order valence-electron chi connectivity index (χ2n) is 8.34. The predicted molar refractivity (Wildman–Crippen MR) is 107 cm³/mol. The van der Waals surface area contributed by atoms with E-state index in [1.807, 2.05) is 0 Å². The van der Waals surface area contributed by atoms with Crippen LogP contribution in [-0.4, -0.2) is 5.71 Å². The SMILES string of the molecule is CC(C)CC1CCC(c2cccc(C3=Nc4ccccc4C3)c2)CC1. The van der Waals surface area contributed by atoms with Crippen molar-refractivity contribution in [3.05, 3.63) is 65.2 Å². The molecular weight excluding hydrogens is 302 g/mol. The fourth-order valence-electron chi connectivity index (χ4n) is 4.67. The van der Waals surface area contributed by atoms with Crippen LogP contribution in [0.5, 0.6) is 0 Å². The van der Waals surface area contributed by atoms with Crippen LogP contribution < -0.4 is 0 Å². The molecule has 0 atom stereocenters. The predicted octanol–water partition coefficient (Wildman–Crippen LogP) is 6.68. The first-order valence-electron chi connectivity index (χ1n) is 9.95. The molecule has 0 spiro atoms. The maximum Gasteiger partial charge on any atom is 0.0669 e. The second-order valence-corrected chi connectivity index (χ2v) is 8.34. The van der Waals surface area contributed by atoms with Gasteiger partial charge in [-0.3, -0.25) is 4.99 Å². The lowest BCUT2D eigenvalue weighted by Crippen LogP contribution is -2.15. The molecule has 2 aromatic carbocycles. The summed E-state index contributed by atoms with van der Waals surface area (Å²) in [7, 11) is 0. The minimum Gasteiger partial charge on any atom is -0.252 e. The Hall–Kier alpha value is -1.89. The molecular formula is C24H29N. The molecule has 1 fully saturated rings. The van der Waals surface area contributed by atoms with Crippen molar-refractivity contribution in [2.75, 3.05) is 0 Å². The molecule has 1 aliphatic heterocycles. The van der Waals surface area contributed by atoms with Crippen LogP contribution in [0.4, 0.5) is 5.69 Å². The van der Waals surface area contributed by atoms with Gasteiger partial charge in [-0.15, -0.1) is 0 Å². The normalized spacial score (nSPS) is 22.8. The molecule has 0 unspecified atom stereocenters. The zero-order valence-electron chi connectivity index (χ0n) is 15.5. The monoisotopic (exact) mass is 331 g/mol. The van der Waals surface area contributed by atoms with E-state index in [4.69, 9.17) is 4.99 Å². The van der Waals surface area contributed by atoms with E-state index in [-0.39, 0.29) is 0 Å². The van der Waals surface area contributed by atoms with Crippen LogP contribution in [0.15, 0.2) is 53.5 Å². The van der Waals surface area contributed by atoms with Crippen LogP contribution in [0.2, 0.25) is 0 Å². The lowest BCUT2D eigenvalue weighted by atomic mass is 9.76. The standard InChI is InChI=1S/C24H29N/c1-17(2)14-18-10-12-19(13-11-18)20-7-5-8-21(15-20)24-16-22-6-3-4-9-23(22)25-24/h3-9,15,17-19H,10-14,16H2,1-2H3. The van der Waals surface area contributed by atoms with E-state index in [9.17, 15) is 0 Å². The van der Waals surface area contributed by atoms with E-state index in [1.54, 1.807) is 0 Å². The van der Waals surface area contributed by atoms with Crippen LogP contribution in [0.25, 0.3) is 0 Å². The zero-order valence-corrected chi connectivity index (χ0v) is 15.5. The molecule has 0 bridgehead atoms.